The smallest absolute Gasteiger partial charge is 0.178 e. The van der Waals surface area contributed by atoms with Crippen LogP contribution in [0.3, 0.4) is 0 Å². The van der Waals surface area contributed by atoms with Crippen molar-refractivity contribution in [3.8, 4) is 0 Å². The first-order valence-electron chi connectivity index (χ1n) is 5.36. The summed E-state index contributed by atoms with van der Waals surface area (Å²) >= 11 is 3.24. The molecule has 0 unspecified atom stereocenters. The van der Waals surface area contributed by atoms with E-state index in [1.165, 1.54) is 24.3 Å². The minimum Gasteiger partial charge on any atom is -0.224 e. The van der Waals surface area contributed by atoms with E-state index >= 15 is 0 Å². The van der Waals surface area contributed by atoms with E-state index in [1.54, 1.807) is 0 Å². The Bertz CT molecular complexity index is 588. The average molecular weight is 355 g/mol. The number of sulfone groups is 2. The number of benzene rings is 1. The highest BCUT2D eigenvalue weighted by Crippen LogP contribution is 2.16. The average Bonchev–Trinajstić information content (AvgIpc) is 2.28. The van der Waals surface area contributed by atoms with E-state index in [9.17, 15) is 16.8 Å². The molecular weight excluding hydrogens is 340 g/mol. The predicted molar refractivity (Wildman–Crippen MR) is 74.6 cm³/mol. The van der Waals surface area contributed by atoms with Crippen molar-refractivity contribution in [2.24, 2.45) is 0 Å². The summed E-state index contributed by atoms with van der Waals surface area (Å²) in [7, 11) is -6.60. The number of unbranched alkanes of at least 4 members (excludes halogenated alkanes) is 1. The standard InChI is InChI=1S/C11H15BrO4S2/c1-17(13,14)10-4-6-11(7-5-10)18(15,16)9-3-2-8-12/h4-7H,2-3,8-9H2,1H3. The third-order valence-corrected chi connectivity index (χ3v) is 5.91. The van der Waals surface area contributed by atoms with Crippen LogP contribution in [-0.2, 0) is 19.7 Å². The molecule has 0 aliphatic heterocycles. The van der Waals surface area contributed by atoms with Gasteiger partial charge in [0, 0.05) is 11.6 Å². The van der Waals surface area contributed by atoms with Crippen molar-refractivity contribution >= 4 is 35.6 Å². The molecular formula is C11H15BrO4S2. The fraction of sp³-hybridized carbons (Fsp3) is 0.455. The zero-order valence-corrected chi connectivity index (χ0v) is 13.2. The van der Waals surface area contributed by atoms with E-state index in [0.717, 1.165) is 18.0 Å². The zero-order valence-electron chi connectivity index (χ0n) is 9.97. The lowest BCUT2D eigenvalue weighted by molar-refractivity contribution is 0.591. The van der Waals surface area contributed by atoms with Gasteiger partial charge in [-0.05, 0) is 37.1 Å². The Hall–Kier alpha value is -0.400. The van der Waals surface area contributed by atoms with E-state index in [-0.39, 0.29) is 15.5 Å². The van der Waals surface area contributed by atoms with Gasteiger partial charge in [-0.3, -0.25) is 0 Å². The Kier molecular flexibility index (Phi) is 5.36. The van der Waals surface area contributed by atoms with Gasteiger partial charge in [-0.15, -0.1) is 0 Å². The van der Waals surface area contributed by atoms with E-state index in [0.29, 0.717) is 6.42 Å². The van der Waals surface area contributed by atoms with Crippen LogP contribution in [0.2, 0.25) is 0 Å². The first-order chi connectivity index (χ1) is 8.27. The van der Waals surface area contributed by atoms with Crippen LogP contribution < -0.4 is 0 Å². The summed E-state index contributed by atoms with van der Waals surface area (Å²) in [6.45, 7) is 0. The Labute approximate surface area is 116 Å². The second-order valence-electron chi connectivity index (χ2n) is 3.96. The van der Waals surface area contributed by atoms with Crippen molar-refractivity contribution in [1.82, 2.24) is 0 Å². The van der Waals surface area contributed by atoms with Gasteiger partial charge >= 0.3 is 0 Å². The molecule has 0 saturated heterocycles. The molecule has 0 heterocycles. The van der Waals surface area contributed by atoms with Gasteiger partial charge in [-0.1, -0.05) is 15.9 Å². The molecule has 102 valence electrons. The molecule has 0 aliphatic rings. The summed E-state index contributed by atoms with van der Waals surface area (Å²) in [6.07, 6.45) is 2.47. The molecule has 4 nitrogen and oxygen atoms in total. The number of hydrogen-bond donors (Lipinski definition) is 0. The highest BCUT2D eigenvalue weighted by Gasteiger charge is 2.15. The summed E-state index contributed by atoms with van der Waals surface area (Å²) in [4.78, 5) is 0.298. The number of halogens is 1. The highest BCUT2D eigenvalue weighted by atomic mass is 79.9. The fourth-order valence-corrected chi connectivity index (χ4v) is 3.80. The maximum absolute atomic E-state index is 11.9. The van der Waals surface area contributed by atoms with Gasteiger partial charge in [0.1, 0.15) is 0 Å². The minimum absolute atomic E-state index is 0.0802. The predicted octanol–water partition coefficient (Wildman–Crippen LogP) is 2.04. The van der Waals surface area contributed by atoms with Gasteiger partial charge in [-0.25, -0.2) is 16.8 Å². The van der Waals surface area contributed by atoms with Crippen LogP contribution in [0.4, 0.5) is 0 Å². The largest absolute Gasteiger partial charge is 0.224 e. The summed E-state index contributed by atoms with van der Waals surface area (Å²) in [5.74, 6) is 0.0802. The Balaban J connectivity index is 2.91. The molecule has 1 aromatic rings. The number of alkyl halides is 1. The third kappa shape index (κ3) is 4.37. The monoisotopic (exact) mass is 354 g/mol. The molecule has 0 N–H and O–H groups in total. The van der Waals surface area contributed by atoms with Crippen LogP contribution in [0.5, 0.6) is 0 Å². The molecule has 0 amide bonds. The van der Waals surface area contributed by atoms with Crippen molar-refractivity contribution in [2.45, 2.75) is 22.6 Å². The molecule has 0 aromatic heterocycles. The number of hydrogen-bond acceptors (Lipinski definition) is 4. The van der Waals surface area contributed by atoms with Crippen LogP contribution in [0.1, 0.15) is 12.8 Å². The first-order valence-corrected chi connectivity index (χ1v) is 10.0. The molecule has 0 radical (unpaired) electrons. The van der Waals surface area contributed by atoms with Crippen molar-refractivity contribution in [3.63, 3.8) is 0 Å². The second kappa shape index (κ2) is 6.16. The van der Waals surface area contributed by atoms with Crippen LogP contribution in [0, 0.1) is 0 Å². The lowest BCUT2D eigenvalue weighted by Gasteiger charge is -2.04. The highest BCUT2D eigenvalue weighted by molar-refractivity contribution is 9.09. The van der Waals surface area contributed by atoms with Crippen LogP contribution in [-0.4, -0.2) is 34.2 Å². The topological polar surface area (TPSA) is 68.3 Å². The molecule has 0 atom stereocenters. The molecule has 0 bridgehead atoms. The number of rotatable bonds is 6. The van der Waals surface area contributed by atoms with Crippen LogP contribution >= 0.6 is 15.9 Å². The first kappa shape index (κ1) is 15.7. The summed E-state index contributed by atoms with van der Waals surface area (Å²) < 4.78 is 46.3. The van der Waals surface area contributed by atoms with Gasteiger partial charge in [0.15, 0.2) is 19.7 Å². The SMILES string of the molecule is CS(=O)(=O)c1ccc(S(=O)(=O)CCCCBr)cc1. The van der Waals surface area contributed by atoms with E-state index in [1.807, 2.05) is 0 Å². The van der Waals surface area contributed by atoms with Crippen LogP contribution in [0.15, 0.2) is 34.1 Å². The third-order valence-electron chi connectivity index (χ3n) is 2.41. The maximum atomic E-state index is 11.9. The minimum atomic E-state index is -3.31. The second-order valence-corrected chi connectivity index (χ2v) is 8.88. The molecule has 1 aromatic carbocycles. The molecule has 0 saturated carbocycles. The van der Waals surface area contributed by atoms with Crippen LogP contribution in [0.25, 0.3) is 0 Å². The molecule has 18 heavy (non-hydrogen) atoms. The summed E-state index contributed by atoms with van der Waals surface area (Å²) in [5, 5.41) is 0.773. The van der Waals surface area contributed by atoms with Crippen molar-refractivity contribution < 1.29 is 16.8 Å². The molecule has 1 rings (SSSR count). The maximum Gasteiger partial charge on any atom is 0.178 e. The van der Waals surface area contributed by atoms with E-state index in [4.69, 9.17) is 0 Å². The summed E-state index contributed by atoms with van der Waals surface area (Å²) in [5.41, 5.74) is 0. The fourth-order valence-electron chi connectivity index (χ4n) is 1.40. The lowest BCUT2D eigenvalue weighted by atomic mass is 10.4. The molecule has 0 spiro atoms. The van der Waals surface area contributed by atoms with E-state index < -0.39 is 19.7 Å². The molecule has 7 heteroatoms. The van der Waals surface area contributed by atoms with Crippen molar-refractivity contribution in [2.75, 3.05) is 17.3 Å². The molecule has 0 aliphatic carbocycles. The van der Waals surface area contributed by atoms with Gasteiger partial charge in [0.05, 0.1) is 15.5 Å². The van der Waals surface area contributed by atoms with Crippen molar-refractivity contribution in [1.29, 1.82) is 0 Å². The van der Waals surface area contributed by atoms with Gasteiger partial charge in [0.2, 0.25) is 0 Å². The van der Waals surface area contributed by atoms with Gasteiger partial charge in [-0.2, -0.15) is 0 Å². The van der Waals surface area contributed by atoms with Gasteiger partial charge < -0.3 is 0 Å². The van der Waals surface area contributed by atoms with Gasteiger partial charge in [0.25, 0.3) is 0 Å². The zero-order chi connectivity index (χ0) is 13.8. The summed E-state index contributed by atoms with van der Waals surface area (Å²) in [6, 6.07) is 5.35. The lowest BCUT2D eigenvalue weighted by Crippen LogP contribution is -2.07. The van der Waals surface area contributed by atoms with E-state index in [2.05, 4.69) is 15.9 Å². The Morgan fingerprint density at radius 3 is 1.89 bits per heavy atom. The Morgan fingerprint density at radius 1 is 0.944 bits per heavy atom. The molecule has 0 fully saturated rings. The van der Waals surface area contributed by atoms with Crippen molar-refractivity contribution in [3.05, 3.63) is 24.3 Å². The normalized spacial score (nSPS) is 12.6. The quantitative estimate of drug-likeness (QED) is 0.579. The Morgan fingerprint density at radius 2 is 1.44 bits per heavy atom.